The zero-order valence-corrected chi connectivity index (χ0v) is 14.5. The number of carbonyl (C=O) groups is 2. The van der Waals surface area contributed by atoms with Crippen molar-refractivity contribution in [3.63, 3.8) is 0 Å². The number of alkyl halides is 3. The van der Waals surface area contributed by atoms with Crippen molar-refractivity contribution in [2.24, 2.45) is 0 Å². The van der Waals surface area contributed by atoms with E-state index in [1.807, 2.05) is 19.1 Å². The van der Waals surface area contributed by atoms with Crippen molar-refractivity contribution >= 4 is 34.8 Å². The largest absolute Gasteiger partial charge is 0.416 e. The first-order valence-electron chi connectivity index (χ1n) is 7.75. The molecule has 0 bridgehead atoms. The van der Waals surface area contributed by atoms with Crippen molar-refractivity contribution in [1.29, 1.82) is 0 Å². The number of halogens is 4. The summed E-state index contributed by atoms with van der Waals surface area (Å²) in [6, 6.07) is 9.71. The van der Waals surface area contributed by atoms with E-state index in [2.05, 4.69) is 10.6 Å². The fourth-order valence-corrected chi connectivity index (χ4v) is 2.45. The highest BCUT2D eigenvalue weighted by atomic mass is 35.5. The molecule has 0 aliphatic carbocycles. The molecule has 0 unspecified atom stereocenters. The molecule has 2 amide bonds. The Morgan fingerprint density at radius 3 is 2.23 bits per heavy atom. The lowest BCUT2D eigenvalue weighted by Gasteiger charge is -2.12. The summed E-state index contributed by atoms with van der Waals surface area (Å²) >= 11 is 5.81. The molecule has 0 heterocycles. The van der Waals surface area contributed by atoms with Crippen molar-refractivity contribution in [2.45, 2.75) is 25.9 Å². The molecule has 8 heteroatoms. The minimum absolute atomic E-state index is 0.0527. The Morgan fingerprint density at radius 2 is 1.62 bits per heavy atom. The SMILES string of the molecule is CCc1ccccc1NC(=O)CC(=O)Nc1cc(C(F)(F)F)ccc1Cl. The van der Waals surface area contributed by atoms with Gasteiger partial charge in [-0.05, 0) is 36.2 Å². The van der Waals surface area contributed by atoms with Crippen LogP contribution in [0.2, 0.25) is 5.02 Å². The maximum atomic E-state index is 12.7. The molecule has 0 saturated carbocycles. The van der Waals surface area contributed by atoms with Crippen LogP contribution in [0.1, 0.15) is 24.5 Å². The molecule has 0 aromatic heterocycles. The highest BCUT2D eigenvalue weighted by Crippen LogP contribution is 2.33. The van der Waals surface area contributed by atoms with Gasteiger partial charge in [0, 0.05) is 5.69 Å². The van der Waals surface area contributed by atoms with Crippen molar-refractivity contribution in [3.05, 3.63) is 58.6 Å². The topological polar surface area (TPSA) is 58.2 Å². The van der Waals surface area contributed by atoms with E-state index in [0.29, 0.717) is 12.1 Å². The molecular formula is C18H16ClF3N2O2. The molecule has 0 radical (unpaired) electrons. The first-order valence-corrected chi connectivity index (χ1v) is 8.13. The van der Waals surface area contributed by atoms with E-state index in [9.17, 15) is 22.8 Å². The number of aryl methyl sites for hydroxylation is 1. The van der Waals surface area contributed by atoms with E-state index in [0.717, 1.165) is 23.8 Å². The molecular weight excluding hydrogens is 369 g/mol. The van der Waals surface area contributed by atoms with Gasteiger partial charge in [0.1, 0.15) is 6.42 Å². The number of nitrogens with one attached hydrogen (secondary N) is 2. The van der Waals surface area contributed by atoms with Crippen LogP contribution in [0.25, 0.3) is 0 Å². The standard InChI is InChI=1S/C18H16ClF3N2O2/c1-2-11-5-3-4-6-14(11)23-16(25)10-17(26)24-15-9-12(18(20,21)22)7-8-13(15)19/h3-9H,2,10H2,1H3,(H,23,25)(H,24,26). The zero-order valence-electron chi connectivity index (χ0n) is 13.8. The van der Waals surface area contributed by atoms with Crippen LogP contribution in [-0.4, -0.2) is 11.8 Å². The summed E-state index contributed by atoms with van der Waals surface area (Å²) in [5, 5.41) is 4.80. The minimum atomic E-state index is -4.56. The number of para-hydroxylation sites is 1. The summed E-state index contributed by atoms with van der Waals surface area (Å²) < 4.78 is 38.2. The van der Waals surface area contributed by atoms with E-state index in [4.69, 9.17) is 11.6 Å². The molecule has 2 N–H and O–H groups in total. The number of hydrogen-bond donors (Lipinski definition) is 2. The lowest BCUT2D eigenvalue weighted by Crippen LogP contribution is -2.22. The quantitative estimate of drug-likeness (QED) is 0.721. The van der Waals surface area contributed by atoms with E-state index in [1.54, 1.807) is 12.1 Å². The Labute approximate surface area is 153 Å². The summed E-state index contributed by atoms with van der Waals surface area (Å²) in [6.45, 7) is 1.92. The molecule has 138 valence electrons. The lowest BCUT2D eigenvalue weighted by molar-refractivity contribution is -0.137. The molecule has 0 aliphatic rings. The van der Waals surface area contributed by atoms with Crippen molar-refractivity contribution in [2.75, 3.05) is 10.6 Å². The molecule has 0 aliphatic heterocycles. The van der Waals surface area contributed by atoms with Gasteiger partial charge in [-0.15, -0.1) is 0 Å². The van der Waals surface area contributed by atoms with Crippen LogP contribution in [0.5, 0.6) is 0 Å². The number of hydrogen-bond acceptors (Lipinski definition) is 2. The smallest absolute Gasteiger partial charge is 0.325 e. The molecule has 2 rings (SSSR count). The fraction of sp³-hybridized carbons (Fsp3) is 0.222. The number of rotatable bonds is 5. The van der Waals surface area contributed by atoms with Crippen LogP contribution < -0.4 is 10.6 Å². The summed E-state index contributed by atoms with van der Waals surface area (Å²) in [5.74, 6) is -1.34. The molecule has 0 saturated heterocycles. The second-order valence-electron chi connectivity index (χ2n) is 5.48. The van der Waals surface area contributed by atoms with Crippen LogP contribution in [0.4, 0.5) is 24.5 Å². The van der Waals surface area contributed by atoms with E-state index >= 15 is 0 Å². The zero-order chi connectivity index (χ0) is 19.3. The maximum absolute atomic E-state index is 12.7. The highest BCUT2D eigenvalue weighted by Gasteiger charge is 2.31. The number of amides is 2. The van der Waals surface area contributed by atoms with Gasteiger partial charge < -0.3 is 10.6 Å². The van der Waals surface area contributed by atoms with E-state index in [-0.39, 0.29) is 10.7 Å². The monoisotopic (exact) mass is 384 g/mol. The van der Waals surface area contributed by atoms with Gasteiger partial charge >= 0.3 is 6.18 Å². The van der Waals surface area contributed by atoms with Crippen LogP contribution >= 0.6 is 11.6 Å². The second-order valence-corrected chi connectivity index (χ2v) is 5.88. The minimum Gasteiger partial charge on any atom is -0.325 e. The van der Waals surface area contributed by atoms with E-state index in [1.165, 1.54) is 0 Å². The van der Waals surface area contributed by atoms with Crippen LogP contribution in [0.15, 0.2) is 42.5 Å². The number of carbonyl (C=O) groups excluding carboxylic acids is 2. The Morgan fingerprint density at radius 1 is 1.00 bits per heavy atom. The van der Waals surface area contributed by atoms with Gasteiger partial charge in [-0.3, -0.25) is 9.59 Å². The van der Waals surface area contributed by atoms with Gasteiger partial charge in [-0.25, -0.2) is 0 Å². The summed E-state index contributed by atoms with van der Waals surface area (Å²) in [7, 11) is 0. The summed E-state index contributed by atoms with van der Waals surface area (Å²) in [5.41, 5.74) is 0.346. The third-order valence-electron chi connectivity index (χ3n) is 3.56. The number of anilines is 2. The molecule has 4 nitrogen and oxygen atoms in total. The summed E-state index contributed by atoms with van der Waals surface area (Å²) in [4.78, 5) is 24.0. The molecule has 26 heavy (non-hydrogen) atoms. The predicted molar refractivity (Wildman–Crippen MR) is 94.2 cm³/mol. The Hall–Kier alpha value is -2.54. The second kappa shape index (κ2) is 8.23. The van der Waals surface area contributed by atoms with Crippen LogP contribution in [0.3, 0.4) is 0 Å². The highest BCUT2D eigenvalue weighted by molar-refractivity contribution is 6.33. The van der Waals surface area contributed by atoms with Crippen molar-refractivity contribution < 1.29 is 22.8 Å². The van der Waals surface area contributed by atoms with Gasteiger partial charge in [0.25, 0.3) is 0 Å². The predicted octanol–water partition coefficient (Wildman–Crippen LogP) is 4.89. The molecule has 2 aromatic carbocycles. The Kier molecular flexibility index (Phi) is 6.26. The van der Waals surface area contributed by atoms with Gasteiger partial charge in [0.15, 0.2) is 0 Å². The molecule has 0 atom stereocenters. The lowest BCUT2D eigenvalue weighted by atomic mass is 10.1. The fourth-order valence-electron chi connectivity index (χ4n) is 2.28. The van der Waals surface area contributed by atoms with Gasteiger partial charge in [0.2, 0.25) is 11.8 Å². The average molecular weight is 385 g/mol. The van der Waals surface area contributed by atoms with E-state index < -0.39 is 30.0 Å². The summed E-state index contributed by atoms with van der Waals surface area (Å²) in [6.07, 6.45) is -4.42. The van der Waals surface area contributed by atoms with Gasteiger partial charge in [0.05, 0.1) is 16.3 Å². The van der Waals surface area contributed by atoms with Crippen molar-refractivity contribution in [1.82, 2.24) is 0 Å². The first kappa shape index (κ1) is 19.8. The van der Waals surface area contributed by atoms with Crippen LogP contribution in [-0.2, 0) is 22.2 Å². The average Bonchev–Trinajstić information content (AvgIpc) is 2.56. The number of benzene rings is 2. The molecule has 0 spiro atoms. The Balaban J connectivity index is 2.03. The van der Waals surface area contributed by atoms with Gasteiger partial charge in [-0.1, -0.05) is 36.7 Å². The first-order chi connectivity index (χ1) is 12.2. The van der Waals surface area contributed by atoms with Crippen LogP contribution in [0, 0.1) is 0 Å². The Bertz CT molecular complexity index is 822. The maximum Gasteiger partial charge on any atom is 0.416 e. The molecule has 2 aromatic rings. The van der Waals surface area contributed by atoms with Crippen molar-refractivity contribution in [3.8, 4) is 0 Å². The molecule has 0 fully saturated rings. The normalized spacial score (nSPS) is 11.1. The van der Waals surface area contributed by atoms with Gasteiger partial charge in [-0.2, -0.15) is 13.2 Å². The third-order valence-corrected chi connectivity index (χ3v) is 3.89. The third kappa shape index (κ3) is 5.23.